The van der Waals surface area contributed by atoms with E-state index in [1.54, 1.807) is 38.3 Å². The maximum absolute atomic E-state index is 12.9. The maximum atomic E-state index is 12.9. The van der Waals surface area contributed by atoms with Crippen molar-refractivity contribution in [1.82, 2.24) is 4.90 Å². The number of aryl methyl sites for hydroxylation is 1. The van der Waals surface area contributed by atoms with E-state index in [-0.39, 0.29) is 34.2 Å². The molecule has 3 rings (SSSR count). The van der Waals surface area contributed by atoms with Gasteiger partial charge in [-0.25, -0.2) is 0 Å². The third-order valence-corrected chi connectivity index (χ3v) is 5.03. The Labute approximate surface area is 173 Å². The number of halogens is 1. The minimum Gasteiger partial charge on any atom is -0.507 e. The summed E-state index contributed by atoms with van der Waals surface area (Å²) < 4.78 is 15.9. The fourth-order valence-electron chi connectivity index (χ4n) is 3.49. The molecule has 0 aliphatic carbocycles. The molecule has 1 saturated heterocycles. The standard InChI is InChI=1S/C21H22ClNO6/c1-12-10-13(20(28-3)14(22)11-12)18(24)16-17(15-6-4-9-29-15)23(7-5-8-27-2)21(26)19(16)25/h4,6,9-11,17,24H,5,7-8H2,1-3H3/b18-16-. The highest BCUT2D eigenvalue weighted by Gasteiger charge is 2.47. The van der Waals surface area contributed by atoms with Gasteiger partial charge in [0, 0.05) is 20.3 Å². The predicted molar refractivity (Wildman–Crippen MR) is 107 cm³/mol. The molecule has 0 saturated carbocycles. The lowest BCUT2D eigenvalue weighted by atomic mass is 9.98. The number of methoxy groups -OCH3 is 2. The summed E-state index contributed by atoms with van der Waals surface area (Å²) in [6, 6.07) is 5.80. The largest absolute Gasteiger partial charge is 0.507 e. The highest BCUT2D eigenvalue weighted by atomic mass is 35.5. The van der Waals surface area contributed by atoms with Crippen molar-refractivity contribution < 1.29 is 28.6 Å². The molecule has 1 fully saturated rings. The first kappa shape index (κ1) is 21.0. The number of aliphatic hydroxyl groups excluding tert-OH is 1. The Hall–Kier alpha value is -2.77. The second kappa shape index (κ2) is 8.71. The number of carbonyl (C=O) groups excluding carboxylic acids is 2. The maximum Gasteiger partial charge on any atom is 0.295 e. The molecule has 1 aliphatic rings. The molecular weight excluding hydrogens is 398 g/mol. The number of furan rings is 1. The van der Waals surface area contributed by atoms with Crippen LogP contribution in [0.1, 0.15) is 29.3 Å². The van der Waals surface area contributed by atoms with Gasteiger partial charge >= 0.3 is 0 Å². The van der Waals surface area contributed by atoms with Gasteiger partial charge < -0.3 is 23.9 Å². The number of amides is 1. The highest BCUT2D eigenvalue weighted by molar-refractivity contribution is 6.46. The van der Waals surface area contributed by atoms with Gasteiger partial charge in [0.2, 0.25) is 0 Å². The van der Waals surface area contributed by atoms with Crippen LogP contribution in [0.5, 0.6) is 5.75 Å². The second-order valence-corrected chi connectivity index (χ2v) is 7.09. The van der Waals surface area contributed by atoms with E-state index >= 15 is 0 Å². The molecule has 8 heteroatoms. The number of rotatable bonds is 7. The summed E-state index contributed by atoms with van der Waals surface area (Å²) in [7, 11) is 2.98. The summed E-state index contributed by atoms with van der Waals surface area (Å²) >= 11 is 6.25. The zero-order chi connectivity index (χ0) is 21.1. The van der Waals surface area contributed by atoms with Crippen molar-refractivity contribution in [3.63, 3.8) is 0 Å². The van der Waals surface area contributed by atoms with Crippen LogP contribution in [0.4, 0.5) is 0 Å². The molecule has 1 unspecified atom stereocenters. The van der Waals surface area contributed by atoms with E-state index in [1.165, 1.54) is 18.3 Å². The van der Waals surface area contributed by atoms with Gasteiger partial charge in [-0.2, -0.15) is 0 Å². The monoisotopic (exact) mass is 419 g/mol. The minimum atomic E-state index is -0.856. The van der Waals surface area contributed by atoms with Crippen molar-refractivity contribution in [3.8, 4) is 5.75 Å². The van der Waals surface area contributed by atoms with Crippen LogP contribution in [0.25, 0.3) is 5.76 Å². The van der Waals surface area contributed by atoms with Gasteiger partial charge in [0.25, 0.3) is 11.7 Å². The SMILES string of the molecule is COCCCN1C(=O)C(=O)/C(=C(\O)c2cc(C)cc(Cl)c2OC)C1c1ccco1. The van der Waals surface area contributed by atoms with Gasteiger partial charge in [-0.3, -0.25) is 9.59 Å². The molecule has 1 amide bonds. The molecule has 154 valence electrons. The number of aliphatic hydroxyl groups is 1. The van der Waals surface area contributed by atoms with Crippen molar-refractivity contribution in [2.75, 3.05) is 27.4 Å². The van der Waals surface area contributed by atoms with E-state index in [9.17, 15) is 14.7 Å². The Morgan fingerprint density at radius 1 is 1.31 bits per heavy atom. The van der Waals surface area contributed by atoms with E-state index in [4.69, 9.17) is 25.5 Å². The minimum absolute atomic E-state index is 0.0673. The van der Waals surface area contributed by atoms with Gasteiger partial charge in [-0.1, -0.05) is 11.6 Å². The van der Waals surface area contributed by atoms with Crippen LogP contribution in [0.15, 0.2) is 40.5 Å². The Kier molecular flexibility index (Phi) is 6.30. The van der Waals surface area contributed by atoms with E-state index in [0.717, 1.165) is 5.56 Å². The predicted octanol–water partition coefficient (Wildman–Crippen LogP) is 3.71. The zero-order valence-corrected chi connectivity index (χ0v) is 17.2. The van der Waals surface area contributed by atoms with Crippen molar-refractivity contribution in [2.24, 2.45) is 0 Å². The molecule has 29 heavy (non-hydrogen) atoms. The Morgan fingerprint density at radius 3 is 2.69 bits per heavy atom. The van der Waals surface area contributed by atoms with E-state index in [1.807, 2.05) is 0 Å². The number of nitrogens with zero attached hydrogens (tertiary/aromatic N) is 1. The van der Waals surface area contributed by atoms with Gasteiger partial charge in [-0.15, -0.1) is 0 Å². The van der Waals surface area contributed by atoms with Crippen LogP contribution in [-0.4, -0.2) is 49.1 Å². The van der Waals surface area contributed by atoms with E-state index < -0.39 is 17.7 Å². The molecule has 1 aliphatic heterocycles. The molecule has 0 bridgehead atoms. The highest BCUT2D eigenvalue weighted by Crippen LogP contribution is 2.42. The van der Waals surface area contributed by atoms with Gasteiger partial charge in [-0.05, 0) is 43.2 Å². The zero-order valence-electron chi connectivity index (χ0n) is 16.4. The van der Waals surface area contributed by atoms with Crippen LogP contribution >= 0.6 is 11.6 Å². The lowest BCUT2D eigenvalue weighted by Gasteiger charge is -2.23. The molecule has 1 aromatic carbocycles. The van der Waals surface area contributed by atoms with E-state index in [2.05, 4.69) is 0 Å². The van der Waals surface area contributed by atoms with Crippen molar-refractivity contribution in [3.05, 3.63) is 58.0 Å². The Balaban J connectivity index is 2.17. The van der Waals surface area contributed by atoms with Crippen molar-refractivity contribution >= 4 is 29.1 Å². The first-order valence-corrected chi connectivity index (χ1v) is 9.43. The molecule has 2 aromatic rings. The van der Waals surface area contributed by atoms with Crippen LogP contribution in [0.3, 0.4) is 0 Å². The number of ether oxygens (including phenoxy) is 2. The molecule has 1 atom stereocenters. The molecule has 1 aromatic heterocycles. The molecule has 7 nitrogen and oxygen atoms in total. The summed E-state index contributed by atoms with van der Waals surface area (Å²) in [4.78, 5) is 27.0. The number of likely N-dealkylation sites (tertiary alicyclic amines) is 1. The van der Waals surface area contributed by atoms with Gasteiger partial charge in [0.1, 0.15) is 23.3 Å². The third-order valence-electron chi connectivity index (χ3n) is 4.75. The summed E-state index contributed by atoms with van der Waals surface area (Å²) in [5, 5.41) is 11.4. The van der Waals surface area contributed by atoms with Gasteiger partial charge in [0.05, 0.1) is 29.5 Å². The number of benzene rings is 1. The summed E-state index contributed by atoms with van der Waals surface area (Å²) in [6.07, 6.45) is 1.98. The van der Waals surface area contributed by atoms with Crippen LogP contribution in [0, 0.1) is 6.92 Å². The average molecular weight is 420 g/mol. The van der Waals surface area contributed by atoms with Crippen LogP contribution in [-0.2, 0) is 14.3 Å². The van der Waals surface area contributed by atoms with Crippen molar-refractivity contribution in [1.29, 1.82) is 0 Å². The quantitative estimate of drug-likeness (QED) is 0.318. The van der Waals surface area contributed by atoms with Crippen LogP contribution < -0.4 is 4.74 Å². The number of hydrogen-bond acceptors (Lipinski definition) is 6. The third kappa shape index (κ3) is 3.88. The Morgan fingerprint density at radius 2 is 2.07 bits per heavy atom. The van der Waals surface area contributed by atoms with Gasteiger partial charge in [0.15, 0.2) is 0 Å². The first-order valence-electron chi connectivity index (χ1n) is 9.06. The normalized spacial score (nSPS) is 18.5. The average Bonchev–Trinajstić information content (AvgIpc) is 3.29. The molecular formula is C21H22ClNO6. The number of Topliss-reactive ketones (excluding diaryl/α,β-unsaturated/α-hetero) is 1. The molecule has 0 radical (unpaired) electrons. The van der Waals surface area contributed by atoms with Crippen LogP contribution in [0.2, 0.25) is 5.02 Å². The Bertz CT molecular complexity index is 950. The summed E-state index contributed by atoms with van der Waals surface area (Å²) in [5.74, 6) is -1.26. The molecule has 0 spiro atoms. The second-order valence-electron chi connectivity index (χ2n) is 6.68. The first-order chi connectivity index (χ1) is 13.9. The topological polar surface area (TPSA) is 89.2 Å². The number of carbonyl (C=O) groups is 2. The van der Waals surface area contributed by atoms with E-state index in [0.29, 0.717) is 18.8 Å². The number of ketones is 1. The molecule has 2 heterocycles. The number of hydrogen-bond donors (Lipinski definition) is 1. The summed E-state index contributed by atoms with van der Waals surface area (Å²) in [6.45, 7) is 2.50. The smallest absolute Gasteiger partial charge is 0.295 e. The van der Waals surface area contributed by atoms with Crippen molar-refractivity contribution in [2.45, 2.75) is 19.4 Å². The summed E-state index contributed by atoms with van der Waals surface area (Å²) in [5.41, 5.74) is 0.938. The molecule has 1 N–H and O–H groups in total. The lowest BCUT2D eigenvalue weighted by Crippen LogP contribution is -2.31. The fraction of sp³-hybridized carbons (Fsp3) is 0.333. The lowest BCUT2D eigenvalue weighted by molar-refractivity contribution is -0.140. The fourth-order valence-corrected chi connectivity index (χ4v) is 3.84.